The summed E-state index contributed by atoms with van der Waals surface area (Å²) < 4.78 is 3.26. The van der Waals surface area contributed by atoms with Crippen molar-refractivity contribution in [1.82, 2.24) is 29.2 Å². The van der Waals surface area contributed by atoms with E-state index in [1.165, 1.54) is 5.69 Å². The number of rotatable bonds is 6. The third kappa shape index (κ3) is 4.57. The van der Waals surface area contributed by atoms with Crippen molar-refractivity contribution < 1.29 is 5.11 Å². The lowest BCUT2D eigenvalue weighted by atomic mass is 10.1. The molecule has 0 spiro atoms. The van der Waals surface area contributed by atoms with Gasteiger partial charge in [0.2, 0.25) is 5.95 Å². The Bertz CT molecular complexity index is 1430. The zero-order valence-corrected chi connectivity index (χ0v) is 21.1. The summed E-state index contributed by atoms with van der Waals surface area (Å²) in [6.45, 7) is 9.82. The van der Waals surface area contributed by atoms with Gasteiger partial charge in [-0.05, 0) is 64.2 Å². The molecule has 10 nitrogen and oxygen atoms in total. The van der Waals surface area contributed by atoms with E-state index in [-0.39, 0.29) is 5.56 Å². The zero-order valence-electron chi connectivity index (χ0n) is 21.1. The smallest absolute Gasteiger partial charge is 0.278 e. The van der Waals surface area contributed by atoms with E-state index in [1.807, 2.05) is 25.1 Å². The molecule has 3 aromatic heterocycles. The highest BCUT2D eigenvalue weighted by molar-refractivity contribution is 5.77. The van der Waals surface area contributed by atoms with Crippen molar-refractivity contribution in [2.45, 2.75) is 32.9 Å². The average molecular weight is 489 g/mol. The molecular formula is C26H32N8O2. The molecule has 0 aliphatic carbocycles. The van der Waals surface area contributed by atoms with Crippen LogP contribution in [0.25, 0.3) is 16.9 Å². The molecule has 5 rings (SSSR count). The van der Waals surface area contributed by atoms with E-state index in [9.17, 15) is 9.90 Å². The molecule has 4 aromatic rings. The number of fused-ring (bicyclic) bond motifs is 1. The van der Waals surface area contributed by atoms with E-state index in [4.69, 9.17) is 4.98 Å². The molecule has 4 heterocycles. The standard InChI is InChI=1S/C26H32N8O2/c1-5-33-24(35)20-17-27-25(28-18-9-11-19(12-10-18)32-15-13-31(4)14-16-32)30-23(20)34(33)22-8-6-7-21(29-22)26(2,3)36/h6-12,17,36H,5,13-16H2,1-4H3,(H,27,28,30). The van der Waals surface area contributed by atoms with Crippen molar-refractivity contribution in [2.75, 3.05) is 43.4 Å². The minimum Gasteiger partial charge on any atom is -0.384 e. The number of anilines is 3. The van der Waals surface area contributed by atoms with Crippen molar-refractivity contribution in [3.8, 4) is 5.82 Å². The van der Waals surface area contributed by atoms with Crippen LogP contribution in [0.1, 0.15) is 26.5 Å². The van der Waals surface area contributed by atoms with Crippen LogP contribution in [0.4, 0.5) is 17.3 Å². The molecule has 0 unspecified atom stereocenters. The molecule has 2 N–H and O–H groups in total. The monoisotopic (exact) mass is 488 g/mol. The van der Waals surface area contributed by atoms with Crippen LogP contribution in [0.15, 0.2) is 53.5 Å². The Labute approximate surface area is 209 Å². The zero-order chi connectivity index (χ0) is 25.4. The third-order valence-corrected chi connectivity index (χ3v) is 6.55. The second-order valence-corrected chi connectivity index (χ2v) is 9.67. The average Bonchev–Trinajstić information content (AvgIpc) is 3.15. The second kappa shape index (κ2) is 9.36. The van der Waals surface area contributed by atoms with Crippen molar-refractivity contribution in [2.24, 2.45) is 0 Å². The first-order valence-electron chi connectivity index (χ1n) is 12.2. The molecule has 1 fully saturated rings. The van der Waals surface area contributed by atoms with Crippen molar-refractivity contribution in [3.05, 3.63) is 64.7 Å². The van der Waals surface area contributed by atoms with E-state index in [1.54, 1.807) is 41.5 Å². The van der Waals surface area contributed by atoms with Crippen molar-refractivity contribution in [3.63, 3.8) is 0 Å². The van der Waals surface area contributed by atoms with Gasteiger partial charge in [0.05, 0.1) is 5.69 Å². The maximum absolute atomic E-state index is 13.1. The van der Waals surface area contributed by atoms with Gasteiger partial charge in [-0.1, -0.05) is 6.07 Å². The highest BCUT2D eigenvalue weighted by Crippen LogP contribution is 2.23. The van der Waals surface area contributed by atoms with Crippen LogP contribution in [0.2, 0.25) is 0 Å². The van der Waals surface area contributed by atoms with Gasteiger partial charge < -0.3 is 20.2 Å². The number of pyridine rings is 1. The highest BCUT2D eigenvalue weighted by Gasteiger charge is 2.21. The number of hydrogen-bond donors (Lipinski definition) is 2. The Morgan fingerprint density at radius 3 is 2.42 bits per heavy atom. The van der Waals surface area contributed by atoms with E-state index in [0.29, 0.717) is 35.0 Å². The predicted octanol–water partition coefficient (Wildman–Crippen LogP) is 2.72. The van der Waals surface area contributed by atoms with Gasteiger partial charge in [0.15, 0.2) is 11.5 Å². The van der Waals surface area contributed by atoms with Gasteiger partial charge in [0.1, 0.15) is 11.0 Å². The molecule has 0 radical (unpaired) electrons. The summed E-state index contributed by atoms with van der Waals surface area (Å²) in [5, 5.41) is 14.1. The van der Waals surface area contributed by atoms with Gasteiger partial charge in [-0.2, -0.15) is 4.98 Å². The van der Waals surface area contributed by atoms with E-state index in [0.717, 1.165) is 31.9 Å². The molecule has 0 amide bonds. The highest BCUT2D eigenvalue weighted by atomic mass is 16.3. The maximum Gasteiger partial charge on any atom is 0.278 e. The van der Waals surface area contributed by atoms with Crippen LogP contribution in [0.3, 0.4) is 0 Å². The number of hydrogen-bond acceptors (Lipinski definition) is 8. The largest absolute Gasteiger partial charge is 0.384 e. The minimum absolute atomic E-state index is 0.189. The van der Waals surface area contributed by atoms with Crippen molar-refractivity contribution >= 4 is 28.4 Å². The molecule has 1 saturated heterocycles. The Morgan fingerprint density at radius 1 is 1.03 bits per heavy atom. The number of aliphatic hydroxyl groups is 1. The van der Waals surface area contributed by atoms with Crippen LogP contribution in [-0.2, 0) is 12.1 Å². The van der Waals surface area contributed by atoms with Crippen LogP contribution in [-0.4, -0.2) is 67.5 Å². The molecule has 36 heavy (non-hydrogen) atoms. The fraction of sp³-hybridized carbons (Fsp3) is 0.385. The molecule has 1 aliphatic rings. The van der Waals surface area contributed by atoms with E-state index >= 15 is 0 Å². The number of benzene rings is 1. The summed E-state index contributed by atoms with van der Waals surface area (Å²) in [6, 6.07) is 13.6. The second-order valence-electron chi connectivity index (χ2n) is 9.67. The molecule has 10 heteroatoms. The summed E-state index contributed by atoms with van der Waals surface area (Å²) in [4.78, 5) is 31.5. The third-order valence-electron chi connectivity index (χ3n) is 6.55. The number of piperazine rings is 1. The molecule has 1 aliphatic heterocycles. The summed E-state index contributed by atoms with van der Waals surface area (Å²) in [6.07, 6.45) is 1.55. The Morgan fingerprint density at radius 2 is 1.75 bits per heavy atom. The Balaban J connectivity index is 1.48. The van der Waals surface area contributed by atoms with E-state index in [2.05, 4.69) is 44.3 Å². The van der Waals surface area contributed by atoms with E-state index < -0.39 is 5.60 Å². The fourth-order valence-corrected chi connectivity index (χ4v) is 4.44. The first kappa shape index (κ1) is 24.0. The Kier molecular flexibility index (Phi) is 6.23. The minimum atomic E-state index is -1.12. The van der Waals surface area contributed by atoms with Crippen molar-refractivity contribution in [1.29, 1.82) is 0 Å². The summed E-state index contributed by atoms with van der Waals surface area (Å²) >= 11 is 0. The van der Waals surface area contributed by atoms with Crippen LogP contribution < -0.4 is 15.8 Å². The maximum atomic E-state index is 13.1. The number of aromatic nitrogens is 5. The van der Waals surface area contributed by atoms with Gasteiger partial charge in [-0.3, -0.25) is 4.79 Å². The molecular weight excluding hydrogens is 456 g/mol. The van der Waals surface area contributed by atoms with Gasteiger partial charge >= 0.3 is 0 Å². The molecule has 1 aromatic carbocycles. The quantitative estimate of drug-likeness (QED) is 0.427. The molecule has 0 atom stereocenters. The van der Waals surface area contributed by atoms with Crippen LogP contribution >= 0.6 is 0 Å². The van der Waals surface area contributed by atoms with Gasteiger partial charge in [0, 0.05) is 50.3 Å². The van der Waals surface area contributed by atoms with Gasteiger partial charge in [0.25, 0.3) is 5.56 Å². The van der Waals surface area contributed by atoms with Crippen LogP contribution in [0.5, 0.6) is 0 Å². The normalized spacial score (nSPS) is 15.0. The SMILES string of the molecule is CCn1c(=O)c2cnc(Nc3ccc(N4CCN(C)CC4)cc3)nc2n1-c1cccc(C(C)(C)O)n1. The number of likely N-dealkylation sites (N-methyl/N-ethyl adjacent to an activating group) is 1. The van der Waals surface area contributed by atoms with Gasteiger partial charge in [-0.15, -0.1) is 0 Å². The summed E-state index contributed by atoms with van der Waals surface area (Å²) in [5.74, 6) is 0.889. The lowest BCUT2D eigenvalue weighted by Gasteiger charge is -2.34. The predicted molar refractivity (Wildman–Crippen MR) is 141 cm³/mol. The van der Waals surface area contributed by atoms with Crippen LogP contribution in [0, 0.1) is 0 Å². The topological polar surface area (TPSA) is 104 Å². The fourth-order valence-electron chi connectivity index (χ4n) is 4.44. The number of nitrogens with one attached hydrogen (secondary N) is 1. The molecule has 0 bridgehead atoms. The molecule has 188 valence electrons. The summed E-state index contributed by atoms with van der Waals surface area (Å²) in [7, 11) is 2.15. The lowest BCUT2D eigenvalue weighted by molar-refractivity contribution is 0.0738. The first-order chi connectivity index (χ1) is 17.2. The molecule has 0 saturated carbocycles. The first-order valence-corrected chi connectivity index (χ1v) is 12.2. The number of nitrogens with zero attached hydrogens (tertiary/aromatic N) is 7. The lowest BCUT2D eigenvalue weighted by Crippen LogP contribution is -2.44. The summed E-state index contributed by atoms with van der Waals surface area (Å²) in [5.41, 5.74) is 1.70. The Hall–Kier alpha value is -3.76. The van der Waals surface area contributed by atoms with Gasteiger partial charge in [-0.25, -0.2) is 19.3 Å².